The molecule has 4 aliphatic rings. The minimum atomic E-state index is -1.34. The molecule has 11 N–H and O–H groups in total. The number of hydrogen-bond acceptors (Lipinski definition) is 11. The Morgan fingerprint density at radius 1 is 0.971 bits per heavy atom. The summed E-state index contributed by atoms with van der Waals surface area (Å²) in [6.45, 7) is 13.0. The largest absolute Gasteiger partial charge is 0.396 e. The van der Waals surface area contributed by atoms with Gasteiger partial charge in [0.25, 0.3) is 0 Å². The number of Topliss-reactive ketones (excluding diaryl/α,β-unsaturated/α-hetero) is 1. The second kappa shape index (κ2) is 24.2. The van der Waals surface area contributed by atoms with Gasteiger partial charge in [0.15, 0.2) is 5.78 Å². The van der Waals surface area contributed by atoms with Crippen LogP contribution in [0, 0.1) is 17.3 Å². The fourth-order valence-corrected chi connectivity index (χ4v) is 11.8. The molecule has 0 radical (unpaired) electrons. The van der Waals surface area contributed by atoms with Gasteiger partial charge in [0.05, 0.1) is 30.5 Å². The number of unbranched alkanes of at least 4 members (excludes halogenated alkanes) is 2. The molecule has 6 rings (SSSR count). The Hall–Kier alpha value is -4.08. The van der Waals surface area contributed by atoms with Gasteiger partial charge in [-0.2, -0.15) is 0 Å². The molecule has 2 fully saturated rings. The first-order valence-corrected chi connectivity index (χ1v) is 25.1. The van der Waals surface area contributed by atoms with E-state index < -0.39 is 53.4 Å². The standard InChI is InChI=1S/C56H80N4O8/c1-35(2)18-23-48(58-28-7-6-8-29-61)36(3)12-9-16-41(34-62)45-25-27-56(52(45)66)47-22-21-42(63)31-39-14-10-13-38(30-39)19-20-43(64)33-59-51-50-40(15-11-17-46(50)53(57)60-54(51)67)32-49(65)37(4)44(47)24-26-55(56,5)68/h9-18,30,42-43,45,47-48,51-53,58-59,61-64,66,68H,3,6-8,19-29,31-34,57H2,1-2,4-5H3,(H,60,67). The number of carbonyl (C=O) groups is 2. The van der Waals surface area contributed by atoms with Crippen molar-refractivity contribution in [3.8, 4) is 0 Å². The number of nitrogens with one attached hydrogen (secondary N) is 3. The zero-order chi connectivity index (χ0) is 49.2. The Kier molecular flexibility index (Phi) is 18.9. The Bertz CT molecular complexity index is 2210. The molecule has 10 atom stereocenters. The first kappa shape index (κ1) is 53.3. The van der Waals surface area contributed by atoms with Crippen molar-refractivity contribution in [2.45, 2.75) is 160 Å². The van der Waals surface area contributed by atoms with Crippen LogP contribution in [0.25, 0.3) is 0 Å². The average Bonchev–Trinajstić information content (AvgIpc) is 3.64. The summed E-state index contributed by atoms with van der Waals surface area (Å²) in [5, 5.41) is 78.1. The molecule has 1 spiro atoms. The maximum absolute atomic E-state index is 14.8. The van der Waals surface area contributed by atoms with E-state index in [1.165, 1.54) is 5.57 Å². The lowest BCUT2D eigenvalue weighted by atomic mass is 9.52. The molecule has 0 aromatic heterocycles. The number of rotatable bonds is 13. The van der Waals surface area contributed by atoms with Gasteiger partial charge in [-0.3, -0.25) is 14.9 Å². The van der Waals surface area contributed by atoms with Crippen LogP contribution >= 0.6 is 0 Å². The van der Waals surface area contributed by atoms with Crippen LogP contribution in [0.5, 0.6) is 0 Å². The molecular weight excluding hydrogens is 857 g/mol. The topological polar surface area (TPSA) is 218 Å². The SMILES string of the molecule is C=C(C=CC=C(CO)C1CCC2(C3CCC(O)Cc4cccc(c4)CCC(O)CNC4C(=O)NC(N)c5cccc(c54)CC(=O)C(C)=C3CCC2(C)O)C1O)C(CC=C(C)C)NCCCCCO. The molecule has 2 saturated carbocycles. The van der Waals surface area contributed by atoms with Crippen molar-refractivity contribution in [2.75, 3.05) is 26.3 Å². The minimum Gasteiger partial charge on any atom is -0.396 e. The van der Waals surface area contributed by atoms with Gasteiger partial charge in [-0.1, -0.05) is 84.5 Å². The van der Waals surface area contributed by atoms with Crippen molar-refractivity contribution >= 4 is 11.7 Å². The highest BCUT2D eigenvalue weighted by molar-refractivity contribution is 5.98. The monoisotopic (exact) mass is 937 g/mol. The molecule has 372 valence electrons. The van der Waals surface area contributed by atoms with Crippen molar-refractivity contribution in [2.24, 2.45) is 23.0 Å². The van der Waals surface area contributed by atoms with Crippen LogP contribution in [0.4, 0.5) is 0 Å². The highest BCUT2D eigenvalue weighted by atomic mass is 16.3. The van der Waals surface area contributed by atoms with Gasteiger partial charge < -0.3 is 47.0 Å². The number of fused-ring (bicyclic) bond motifs is 4. The molecule has 2 aliphatic carbocycles. The van der Waals surface area contributed by atoms with Crippen molar-refractivity contribution in [1.82, 2.24) is 16.0 Å². The molecule has 1 amide bonds. The van der Waals surface area contributed by atoms with E-state index >= 15 is 0 Å². The van der Waals surface area contributed by atoms with E-state index in [0.717, 1.165) is 54.5 Å². The minimum absolute atomic E-state index is 0.00234. The maximum atomic E-state index is 14.8. The number of ketones is 1. The van der Waals surface area contributed by atoms with Gasteiger partial charge in [0.2, 0.25) is 5.91 Å². The first-order valence-electron chi connectivity index (χ1n) is 25.1. The van der Waals surface area contributed by atoms with E-state index in [1.807, 2.05) is 61.5 Å². The van der Waals surface area contributed by atoms with Gasteiger partial charge in [0.1, 0.15) is 12.2 Å². The number of aliphatic hydroxyl groups excluding tert-OH is 5. The number of benzene rings is 2. The lowest BCUT2D eigenvalue weighted by Gasteiger charge is -2.56. The predicted octanol–water partition coefficient (Wildman–Crippen LogP) is 5.95. The Morgan fingerprint density at radius 2 is 1.74 bits per heavy atom. The smallest absolute Gasteiger partial charge is 0.243 e. The quantitative estimate of drug-likeness (QED) is 0.0643. The molecule has 0 saturated heterocycles. The highest BCUT2D eigenvalue weighted by Crippen LogP contribution is 2.63. The van der Waals surface area contributed by atoms with E-state index in [9.17, 15) is 40.2 Å². The summed E-state index contributed by atoms with van der Waals surface area (Å²) >= 11 is 0. The van der Waals surface area contributed by atoms with Gasteiger partial charge in [-0.25, -0.2) is 0 Å². The van der Waals surface area contributed by atoms with Gasteiger partial charge in [0, 0.05) is 36.9 Å². The fourth-order valence-electron chi connectivity index (χ4n) is 11.8. The Labute approximate surface area is 404 Å². The number of nitrogens with two attached hydrogens (primary N) is 1. The van der Waals surface area contributed by atoms with Crippen molar-refractivity contribution in [3.63, 3.8) is 0 Å². The zero-order valence-corrected chi connectivity index (χ0v) is 41.0. The summed E-state index contributed by atoms with van der Waals surface area (Å²) in [6.07, 6.45) is 11.8. The molecule has 12 nitrogen and oxygen atoms in total. The average molecular weight is 937 g/mol. The van der Waals surface area contributed by atoms with Crippen LogP contribution in [0.1, 0.15) is 138 Å². The molecule has 12 heteroatoms. The number of aryl methyl sites for hydroxylation is 1. The third kappa shape index (κ3) is 12.4. The summed E-state index contributed by atoms with van der Waals surface area (Å²) in [6, 6.07) is 12.7. The van der Waals surface area contributed by atoms with Gasteiger partial charge in [-0.05, 0) is 168 Å². The number of amides is 1. The molecule has 68 heavy (non-hydrogen) atoms. The van der Waals surface area contributed by atoms with Gasteiger partial charge >= 0.3 is 0 Å². The van der Waals surface area contributed by atoms with Crippen molar-refractivity contribution in [3.05, 3.63) is 129 Å². The molecule has 10 unspecified atom stereocenters. The summed E-state index contributed by atoms with van der Waals surface area (Å²) in [5.41, 5.74) is 12.1. The van der Waals surface area contributed by atoms with Crippen LogP contribution in [0.3, 0.4) is 0 Å². The number of β-amino-alcohol motifs (C(OH)–C–C–N with tert-alkyl or cyclic N) is 1. The predicted molar refractivity (Wildman–Crippen MR) is 268 cm³/mol. The van der Waals surface area contributed by atoms with Crippen LogP contribution in [0.2, 0.25) is 0 Å². The molecular formula is C56H80N4O8. The summed E-state index contributed by atoms with van der Waals surface area (Å²) < 4.78 is 0. The van der Waals surface area contributed by atoms with E-state index in [-0.39, 0.29) is 43.9 Å². The maximum Gasteiger partial charge on any atom is 0.243 e. The zero-order valence-electron chi connectivity index (χ0n) is 41.0. The molecule has 2 bridgehead atoms. The Morgan fingerprint density at radius 3 is 2.49 bits per heavy atom. The number of carbonyl (C=O) groups excluding carboxylic acids is 2. The van der Waals surface area contributed by atoms with Crippen LogP contribution in [0.15, 0.2) is 101 Å². The normalized spacial score (nSPS) is 30.2. The molecule has 2 heterocycles. The number of aliphatic hydroxyl groups is 6. The van der Waals surface area contributed by atoms with Crippen molar-refractivity contribution < 1.29 is 40.2 Å². The molecule has 2 aliphatic heterocycles. The van der Waals surface area contributed by atoms with E-state index in [4.69, 9.17) is 5.73 Å². The molecule has 2 aromatic rings. The summed E-state index contributed by atoms with van der Waals surface area (Å²) in [5.74, 6) is -1.43. The van der Waals surface area contributed by atoms with Gasteiger partial charge in [-0.15, -0.1) is 0 Å². The number of hydrogen-bond donors (Lipinski definition) is 10. The molecule has 2 aromatic carbocycles. The van der Waals surface area contributed by atoms with E-state index in [2.05, 4.69) is 48.5 Å². The lowest BCUT2D eigenvalue weighted by molar-refractivity contribution is -0.168. The third-order valence-electron chi connectivity index (χ3n) is 15.7. The Balaban J connectivity index is 1.35. The van der Waals surface area contributed by atoms with E-state index in [0.29, 0.717) is 85.6 Å². The highest BCUT2D eigenvalue weighted by Gasteiger charge is 2.64. The van der Waals surface area contributed by atoms with Crippen LogP contribution in [-0.2, 0) is 28.9 Å². The second-order valence-corrected chi connectivity index (χ2v) is 20.5. The third-order valence-corrected chi connectivity index (χ3v) is 15.7. The van der Waals surface area contributed by atoms with Crippen LogP contribution in [-0.4, -0.2) is 98.6 Å². The van der Waals surface area contributed by atoms with E-state index in [1.54, 1.807) is 6.92 Å². The fraction of sp³-hybridized carbons (Fsp3) is 0.571. The van der Waals surface area contributed by atoms with Crippen molar-refractivity contribution in [1.29, 1.82) is 0 Å². The lowest BCUT2D eigenvalue weighted by Crippen LogP contribution is -2.59. The number of allylic oxidation sites excluding steroid dienone is 5. The second-order valence-electron chi connectivity index (χ2n) is 20.5. The summed E-state index contributed by atoms with van der Waals surface area (Å²) in [4.78, 5) is 28.4. The first-order chi connectivity index (χ1) is 32.5. The summed E-state index contributed by atoms with van der Waals surface area (Å²) in [7, 11) is 0. The van der Waals surface area contributed by atoms with Crippen LogP contribution < -0.4 is 21.7 Å².